The van der Waals surface area contributed by atoms with E-state index in [4.69, 9.17) is 0 Å². The van der Waals surface area contributed by atoms with Gasteiger partial charge in [-0.15, -0.1) is 0 Å². The molecule has 0 spiro atoms. The maximum absolute atomic E-state index is 10.7. The number of aliphatic hydroxyl groups is 1. The summed E-state index contributed by atoms with van der Waals surface area (Å²) in [6, 6.07) is 10.8. The molecule has 4 rings (SSSR count). The Morgan fingerprint density at radius 3 is 2.95 bits per heavy atom. The standard InChI is InChI=1S/C18H19NO/c1-11-8-13(10-19-9-11)18(20)17-15-7-6-12-4-2-3-5-14(12)16(15)17/h2-5,8-10,15-18,20H,6-7H2,1H3. The summed E-state index contributed by atoms with van der Waals surface area (Å²) in [6.07, 6.45) is 5.65. The van der Waals surface area contributed by atoms with Gasteiger partial charge in [0.05, 0.1) is 6.10 Å². The van der Waals surface area contributed by atoms with Crippen molar-refractivity contribution in [3.8, 4) is 0 Å². The minimum Gasteiger partial charge on any atom is -0.388 e. The summed E-state index contributed by atoms with van der Waals surface area (Å²) in [5.74, 6) is 1.58. The van der Waals surface area contributed by atoms with Crippen LogP contribution in [0.25, 0.3) is 0 Å². The number of nitrogens with zero attached hydrogens (tertiary/aromatic N) is 1. The van der Waals surface area contributed by atoms with E-state index in [1.54, 1.807) is 0 Å². The molecule has 1 saturated carbocycles. The molecule has 0 saturated heterocycles. The van der Waals surface area contributed by atoms with Gasteiger partial charge >= 0.3 is 0 Å². The third-order valence-corrected chi connectivity index (χ3v) is 4.99. The first kappa shape index (κ1) is 12.1. The van der Waals surface area contributed by atoms with Gasteiger partial charge in [-0.05, 0) is 59.8 Å². The molecule has 1 aromatic carbocycles. The quantitative estimate of drug-likeness (QED) is 0.902. The Kier molecular flexibility index (Phi) is 2.67. The van der Waals surface area contributed by atoms with Crippen LogP contribution >= 0.6 is 0 Å². The Balaban J connectivity index is 1.64. The van der Waals surface area contributed by atoms with Crippen LogP contribution in [0, 0.1) is 18.8 Å². The van der Waals surface area contributed by atoms with Crippen LogP contribution in [0.4, 0.5) is 0 Å². The minimum atomic E-state index is -0.372. The summed E-state index contributed by atoms with van der Waals surface area (Å²) >= 11 is 0. The molecular formula is C18H19NO. The average Bonchev–Trinajstić information content (AvgIpc) is 3.21. The molecule has 0 amide bonds. The molecule has 0 radical (unpaired) electrons. The predicted octanol–water partition coefficient (Wildman–Crippen LogP) is 3.40. The van der Waals surface area contributed by atoms with E-state index >= 15 is 0 Å². The van der Waals surface area contributed by atoms with Crippen LogP contribution in [0.15, 0.2) is 42.7 Å². The van der Waals surface area contributed by atoms with Gasteiger partial charge < -0.3 is 5.11 Å². The topological polar surface area (TPSA) is 33.1 Å². The fourth-order valence-corrected chi connectivity index (χ4v) is 4.01. The molecule has 20 heavy (non-hydrogen) atoms. The maximum Gasteiger partial charge on any atom is 0.0841 e. The Hall–Kier alpha value is -1.67. The smallest absolute Gasteiger partial charge is 0.0841 e. The van der Waals surface area contributed by atoms with Gasteiger partial charge in [0.15, 0.2) is 0 Å². The summed E-state index contributed by atoms with van der Waals surface area (Å²) in [7, 11) is 0. The zero-order valence-corrected chi connectivity index (χ0v) is 11.7. The molecule has 102 valence electrons. The van der Waals surface area contributed by atoms with E-state index in [-0.39, 0.29) is 6.10 Å². The van der Waals surface area contributed by atoms with Crippen molar-refractivity contribution in [2.24, 2.45) is 11.8 Å². The number of fused-ring (bicyclic) bond motifs is 3. The molecule has 2 aromatic rings. The number of pyridine rings is 1. The van der Waals surface area contributed by atoms with Crippen molar-refractivity contribution >= 4 is 0 Å². The van der Waals surface area contributed by atoms with E-state index in [1.165, 1.54) is 17.5 Å². The average molecular weight is 265 g/mol. The number of aliphatic hydroxyl groups excluding tert-OH is 1. The fourth-order valence-electron chi connectivity index (χ4n) is 4.01. The first-order chi connectivity index (χ1) is 9.75. The van der Waals surface area contributed by atoms with Gasteiger partial charge in [0.1, 0.15) is 0 Å². The number of aryl methyl sites for hydroxylation is 2. The Morgan fingerprint density at radius 2 is 2.10 bits per heavy atom. The largest absolute Gasteiger partial charge is 0.388 e. The number of hydrogen-bond donors (Lipinski definition) is 1. The minimum absolute atomic E-state index is 0.372. The SMILES string of the molecule is Cc1cncc(C(O)C2C3CCc4ccccc4C32)c1. The Labute approximate surface area is 119 Å². The molecule has 0 aliphatic heterocycles. The lowest BCUT2D eigenvalue weighted by atomic mass is 9.92. The molecule has 2 heteroatoms. The van der Waals surface area contributed by atoms with Gasteiger partial charge in [-0.2, -0.15) is 0 Å². The molecular weight excluding hydrogens is 246 g/mol. The van der Waals surface area contributed by atoms with E-state index in [1.807, 2.05) is 19.3 Å². The van der Waals surface area contributed by atoms with Gasteiger partial charge in [-0.3, -0.25) is 4.98 Å². The molecule has 1 fully saturated rings. The normalized spacial score (nSPS) is 28.4. The first-order valence-electron chi connectivity index (χ1n) is 7.43. The van der Waals surface area contributed by atoms with Crippen molar-refractivity contribution in [1.29, 1.82) is 0 Å². The summed E-state index contributed by atoms with van der Waals surface area (Å²) < 4.78 is 0. The zero-order valence-electron chi connectivity index (χ0n) is 11.7. The molecule has 4 atom stereocenters. The van der Waals surface area contributed by atoms with Gasteiger partial charge in [0.2, 0.25) is 0 Å². The maximum atomic E-state index is 10.7. The van der Waals surface area contributed by atoms with Crippen molar-refractivity contribution < 1.29 is 5.11 Å². The molecule has 1 aromatic heterocycles. The Bertz CT molecular complexity index is 651. The third kappa shape index (κ3) is 1.79. The van der Waals surface area contributed by atoms with E-state index in [0.717, 1.165) is 17.5 Å². The van der Waals surface area contributed by atoms with Crippen LogP contribution in [0.5, 0.6) is 0 Å². The fraction of sp³-hybridized carbons (Fsp3) is 0.389. The molecule has 2 aliphatic rings. The molecule has 1 heterocycles. The van der Waals surface area contributed by atoms with Crippen LogP contribution < -0.4 is 0 Å². The lowest BCUT2D eigenvalue weighted by Gasteiger charge is -2.13. The van der Waals surface area contributed by atoms with Crippen LogP contribution in [0.2, 0.25) is 0 Å². The second-order valence-electron chi connectivity index (χ2n) is 6.24. The van der Waals surface area contributed by atoms with Crippen molar-refractivity contribution in [1.82, 2.24) is 4.98 Å². The zero-order chi connectivity index (χ0) is 13.7. The molecule has 0 bridgehead atoms. The van der Waals surface area contributed by atoms with E-state index in [9.17, 15) is 5.11 Å². The molecule has 4 unspecified atom stereocenters. The van der Waals surface area contributed by atoms with E-state index < -0.39 is 0 Å². The highest BCUT2D eigenvalue weighted by molar-refractivity contribution is 5.40. The lowest BCUT2D eigenvalue weighted by Crippen LogP contribution is -2.03. The highest BCUT2D eigenvalue weighted by atomic mass is 16.3. The second-order valence-corrected chi connectivity index (χ2v) is 6.24. The number of aromatic nitrogens is 1. The van der Waals surface area contributed by atoms with Gasteiger partial charge in [-0.25, -0.2) is 0 Å². The van der Waals surface area contributed by atoms with Crippen LogP contribution in [0.1, 0.15) is 40.7 Å². The molecule has 1 N–H and O–H groups in total. The van der Waals surface area contributed by atoms with E-state index in [0.29, 0.717) is 17.8 Å². The van der Waals surface area contributed by atoms with Crippen LogP contribution in [-0.2, 0) is 6.42 Å². The summed E-state index contributed by atoms with van der Waals surface area (Å²) in [5.41, 5.74) is 5.03. The monoisotopic (exact) mass is 265 g/mol. The number of hydrogen-bond acceptors (Lipinski definition) is 2. The third-order valence-electron chi connectivity index (χ3n) is 4.99. The van der Waals surface area contributed by atoms with Crippen molar-refractivity contribution in [3.63, 3.8) is 0 Å². The van der Waals surface area contributed by atoms with Crippen molar-refractivity contribution in [3.05, 3.63) is 65.0 Å². The summed E-state index contributed by atoms with van der Waals surface area (Å²) in [6.45, 7) is 2.03. The molecule has 2 nitrogen and oxygen atoms in total. The molecule has 2 aliphatic carbocycles. The van der Waals surface area contributed by atoms with Gasteiger partial charge in [0, 0.05) is 12.4 Å². The van der Waals surface area contributed by atoms with Crippen molar-refractivity contribution in [2.75, 3.05) is 0 Å². The Morgan fingerprint density at radius 1 is 1.25 bits per heavy atom. The highest BCUT2D eigenvalue weighted by Gasteiger charge is 2.56. The van der Waals surface area contributed by atoms with Crippen LogP contribution in [0.3, 0.4) is 0 Å². The van der Waals surface area contributed by atoms with Crippen LogP contribution in [-0.4, -0.2) is 10.1 Å². The highest BCUT2D eigenvalue weighted by Crippen LogP contribution is 2.64. The number of benzene rings is 1. The lowest BCUT2D eigenvalue weighted by molar-refractivity contribution is 0.144. The van der Waals surface area contributed by atoms with Crippen molar-refractivity contribution in [2.45, 2.75) is 31.8 Å². The van der Waals surface area contributed by atoms with Gasteiger partial charge in [-0.1, -0.05) is 30.3 Å². The predicted molar refractivity (Wildman–Crippen MR) is 78.4 cm³/mol. The second kappa shape index (κ2) is 4.42. The number of rotatable bonds is 2. The summed E-state index contributed by atoms with van der Waals surface area (Å²) in [5, 5.41) is 10.7. The van der Waals surface area contributed by atoms with E-state index in [2.05, 4.69) is 35.3 Å². The first-order valence-corrected chi connectivity index (χ1v) is 7.43. The van der Waals surface area contributed by atoms with Gasteiger partial charge in [0.25, 0.3) is 0 Å². The summed E-state index contributed by atoms with van der Waals surface area (Å²) in [4.78, 5) is 4.22.